The van der Waals surface area contributed by atoms with E-state index in [1.54, 1.807) is 13.8 Å². The molecule has 1 aliphatic rings. The summed E-state index contributed by atoms with van der Waals surface area (Å²) in [5.41, 5.74) is 2.35. The number of aromatic nitrogens is 3. The van der Waals surface area contributed by atoms with Crippen LogP contribution in [-0.2, 0) is 0 Å². The van der Waals surface area contributed by atoms with Crippen molar-refractivity contribution in [2.45, 2.75) is 32.1 Å². The fourth-order valence-corrected chi connectivity index (χ4v) is 3.95. The molecule has 0 saturated carbocycles. The molecule has 8 nitrogen and oxygen atoms in total. The van der Waals surface area contributed by atoms with E-state index >= 15 is 0 Å². The summed E-state index contributed by atoms with van der Waals surface area (Å²) in [6.07, 6.45) is -0.506. The Bertz CT molecular complexity index is 1090. The molecule has 0 spiro atoms. The van der Waals surface area contributed by atoms with E-state index in [-0.39, 0.29) is 29.1 Å². The third kappa shape index (κ3) is 3.77. The van der Waals surface area contributed by atoms with Gasteiger partial charge in [-0.2, -0.15) is 0 Å². The van der Waals surface area contributed by atoms with Crippen molar-refractivity contribution in [3.05, 3.63) is 52.7 Å². The van der Waals surface area contributed by atoms with Crippen LogP contribution in [0.2, 0.25) is 0 Å². The second-order valence-electron chi connectivity index (χ2n) is 6.66. The lowest BCUT2D eigenvalue weighted by Crippen LogP contribution is -2.21. The van der Waals surface area contributed by atoms with E-state index in [1.165, 1.54) is 6.92 Å². The van der Waals surface area contributed by atoms with E-state index in [2.05, 4.69) is 15.2 Å². The highest BCUT2D eigenvalue weighted by Crippen LogP contribution is 2.36. The molecule has 0 radical (unpaired) electrons. The van der Waals surface area contributed by atoms with Gasteiger partial charge >= 0.3 is 0 Å². The molecule has 4 rings (SSSR count). The van der Waals surface area contributed by atoms with Crippen LogP contribution in [-0.4, -0.2) is 39.1 Å². The zero-order chi connectivity index (χ0) is 20.5. The zero-order valence-electron chi connectivity index (χ0n) is 16.1. The Kier molecular flexibility index (Phi) is 5.14. The molecular formula is C20H19N3O5S. The normalized spacial score (nSPS) is 15.3. The van der Waals surface area contributed by atoms with Gasteiger partial charge in [0, 0.05) is 11.3 Å². The van der Waals surface area contributed by atoms with Crippen LogP contribution in [0.3, 0.4) is 0 Å². The minimum atomic E-state index is -0.506. The molecule has 29 heavy (non-hydrogen) atoms. The summed E-state index contributed by atoms with van der Waals surface area (Å²) in [7, 11) is 0. The molecule has 2 aromatic heterocycles. The fourth-order valence-electron chi connectivity index (χ4n) is 3.31. The first-order chi connectivity index (χ1) is 13.9. The molecule has 1 atom stereocenters. The van der Waals surface area contributed by atoms with Crippen molar-refractivity contribution in [2.75, 3.05) is 12.4 Å². The number of Topliss-reactive ketones (excluding diaryl/α,β-unsaturated/α-hetero) is 2. The quantitative estimate of drug-likeness (QED) is 0.481. The smallest absolute Gasteiger partial charge is 0.277 e. The highest BCUT2D eigenvalue weighted by atomic mass is 32.2. The number of para-hydroxylation sites is 2. The summed E-state index contributed by atoms with van der Waals surface area (Å²) in [5.74, 6) is 1.47. The summed E-state index contributed by atoms with van der Waals surface area (Å²) in [6, 6.07) is 7.36. The minimum absolute atomic E-state index is 0.0687. The average molecular weight is 413 g/mol. The third-order valence-electron chi connectivity index (χ3n) is 4.60. The lowest BCUT2D eigenvalue weighted by Gasteiger charge is -2.23. The number of ether oxygens (including phenoxy) is 2. The minimum Gasteiger partial charge on any atom is -0.485 e. The number of thioether (sulfide) groups is 1. The van der Waals surface area contributed by atoms with Gasteiger partial charge in [0.15, 0.2) is 23.1 Å². The van der Waals surface area contributed by atoms with E-state index in [0.717, 1.165) is 11.8 Å². The van der Waals surface area contributed by atoms with Crippen molar-refractivity contribution in [3.8, 4) is 11.5 Å². The van der Waals surface area contributed by atoms with Crippen LogP contribution in [0.25, 0.3) is 0 Å². The van der Waals surface area contributed by atoms with Crippen LogP contribution in [0.4, 0.5) is 0 Å². The molecule has 150 valence electrons. The van der Waals surface area contributed by atoms with Gasteiger partial charge < -0.3 is 18.9 Å². The first-order valence-corrected chi connectivity index (χ1v) is 10.0. The molecule has 0 unspecified atom stereocenters. The molecule has 1 aromatic carbocycles. The Labute approximate surface area is 171 Å². The van der Waals surface area contributed by atoms with E-state index in [9.17, 15) is 9.59 Å². The SMILES string of the molecule is CC(=O)c1c(C)[nH]c(C(=O)CSc2nnc([C@@H]3COc4ccccc4O3)o2)c1C. The van der Waals surface area contributed by atoms with Gasteiger partial charge in [-0.1, -0.05) is 23.9 Å². The Morgan fingerprint density at radius 3 is 2.69 bits per heavy atom. The average Bonchev–Trinajstić information content (AvgIpc) is 3.30. The topological polar surface area (TPSA) is 107 Å². The predicted octanol–water partition coefficient (Wildman–Crippen LogP) is 3.70. The van der Waals surface area contributed by atoms with E-state index in [4.69, 9.17) is 13.9 Å². The van der Waals surface area contributed by atoms with Crippen LogP contribution < -0.4 is 9.47 Å². The van der Waals surface area contributed by atoms with Gasteiger partial charge in [0.25, 0.3) is 11.1 Å². The molecule has 1 N–H and O–H groups in total. The fraction of sp³-hybridized carbons (Fsp3) is 0.300. The summed E-state index contributed by atoms with van der Waals surface area (Å²) >= 11 is 1.13. The number of ketones is 2. The summed E-state index contributed by atoms with van der Waals surface area (Å²) < 4.78 is 17.1. The van der Waals surface area contributed by atoms with Crippen molar-refractivity contribution in [1.29, 1.82) is 0 Å². The number of benzene rings is 1. The Balaban J connectivity index is 1.41. The van der Waals surface area contributed by atoms with E-state index in [1.807, 2.05) is 24.3 Å². The lowest BCUT2D eigenvalue weighted by atomic mass is 10.1. The molecule has 9 heteroatoms. The largest absolute Gasteiger partial charge is 0.485 e. The number of H-pyrrole nitrogens is 1. The summed E-state index contributed by atoms with van der Waals surface area (Å²) in [4.78, 5) is 27.3. The molecule has 0 aliphatic carbocycles. The van der Waals surface area contributed by atoms with Crippen LogP contribution in [0, 0.1) is 13.8 Å². The molecule has 3 aromatic rings. The number of nitrogens with zero attached hydrogens (tertiary/aromatic N) is 2. The van der Waals surface area contributed by atoms with Gasteiger partial charge in [-0.15, -0.1) is 10.2 Å². The van der Waals surface area contributed by atoms with Gasteiger partial charge in [-0.05, 0) is 38.5 Å². The van der Waals surface area contributed by atoms with Gasteiger partial charge in [-0.25, -0.2) is 0 Å². The first kappa shape index (κ1) is 19.3. The molecule has 0 bridgehead atoms. The summed E-state index contributed by atoms with van der Waals surface area (Å²) in [6.45, 7) is 5.29. The zero-order valence-corrected chi connectivity index (χ0v) is 17.0. The van der Waals surface area contributed by atoms with Gasteiger partial charge in [0.05, 0.1) is 11.4 Å². The second kappa shape index (κ2) is 7.75. The lowest BCUT2D eigenvalue weighted by molar-refractivity contribution is 0.0686. The van der Waals surface area contributed by atoms with Gasteiger partial charge in [0.1, 0.15) is 6.61 Å². The van der Waals surface area contributed by atoms with Crippen LogP contribution in [0.1, 0.15) is 51.0 Å². The maximum atomic E-state index is 12.6. The number of aromatic amines is 1. The molecule has 3 heterocycles. The molecule has 0 fully saturated rings. The molecule has 0 amide bonds. The first-order valence-electron chi connectivity index (χ1n) is 9.02. The van der Waals surface area contributed by atoms with Crippen molar-refractivity contribution < 1.29 is 23.5 Å². The summed E-state index contributed by atoms with van der Waals surface area (Å²) in [5, 5.41) is 8.26. The number of rotatable bonds is 6. The Morgan fingerprint density at radius 2 is 1.97 bits per heavy atom. The highest BCUT2D eigenvalue weighted by molar-refractivity contribution is 7.99. The van der Waals surface area contributed by atoms with Crippen molar-refractivity contribution in [3.63, 3.8) is 0 Å². The monoisotopic (exact) mass is 413 g/mol. The molecular weight excluding hydrogens is 394 g/mol. The number of carbonyl (C=O) groups excluding carboxylic acids is 2. The van der Waals surface area contributed by atoms with Crippen molar-refractivity contribution in [1.82, 2.24) is 15.2 Å². The maximum Gasteiger partial charge on any atom is 0.277 e. The number of hydrogen-bond donors (Lipinski definition) is 1. The van der Waals surface area contributed by atoms with Gasteiger partial charge in [-0.3, -0.25) is 9.59 Å². The van der Waals surface area contributed by atoms with E-state index in [0.29, 0.717) is 39.9 Å². The van der Waals surface area contributed by atoms with Gasteiger partial charge in [0.2, 0.25) is 6.10 Å². The highest BCUT2D eigenvalue weighted by Gasteiger charge is 2.28. The second-order valence-corrected chi connectivity index (χ2v) is 7.59. The number of fused-ring (bicyclic) bond motifs is 1. The Morgan fingerprint density at radius 1 is 1.21 bits per heavy atom. The Hall–Kier alpha value is -3.07. The standard InChI is InChI=1S/C20H19N3O5S/c1-10-17(12(3)24)11(2)21-18(10)13(25)9-29-20-23-22-19(28-20)16-8-26-14-6-4-5-7-15(14)27-16/h4-7,16,21H,8-9H2,1-3H3/t16-/m0/s1. The van der Waals surface area contributed by atoms with Crippen LogP contribution >= 0.6 is 11.8 Å². The van der Waals surface area contributed by atoms with Crippen molar-refractivity contribution >= 4 is 23.3 Å². The van der Waals surface area contributed by atoms with Crippen molar-refractivity contribution in [2.24, 2.45) is 0 Å². The number of carbonyl (C=O) groups is 2. The number of nitrogens with one attached hydrogen (secondary N) is 1. The van der Waals surface area contributed by atoms with E-state index < -0.39 is 6.10 Å². The predicted molar refractivity (Wildman–Crippen MR) is 105 cm³/mol. The van der Waals surface area contributed by atoms with Crippen LogP contribution in [0.15, 0.2) is 33.9 Å². The van der Waals surface area contributed by atoms with Crippen LogP contribution in [0.5, 0.6) is 11.5 Å². The maximum absolute atomic E-state index is 12.6. The molecule has 1 aliphatic heterocycles. The number of aryl methyl sites for hydroxylation is 1. The molecule has 0 saturated heterocycles. The third-order valence-corrected chi connectivity index (χ3v) is 5.42. The number of hydrogen-bond acceptors (Lipinski definition) is 8.